The highest BCUT2D eigenvalue weighted by Gasteiger charge is 2.34. The van der Waals surface area contributed by atoms with Crippen LogP contribution in [0.4, 0.5) is 0 Å². The van der Waals surface area contributed by atoms with Crippen molar-refractivity contribution in [3.63, 3.8) is 0 Å². The summed E-state index contributed by atoms with van der Waals surface area (Å²) in [5, 5.41) is 0. The van der Waals surface area contributed by atoms with E-state index in [2.05, 4.69) is 25.7 Å². The van der Waals surface area contributed by atoms with Crippen LogP contribution in [0.15, 0.2) is 11.5 Å². The molecule has 0 aromatic carbocycles. The molecule has 13 heavy (non-hydrogen) atoms. The fourth-order valence-corrected chi connectivity index (χ4v) is 2.20. The SMILES string of the molecule is CC1=C(C(C)C)N(C2CC2)CCO1. The summed E-state index contributed by atoms with van der Waals surface area (Å²) in [7, 11) is 0. The Morgan fingerprint density at radius 3 is 2.62 bits per heavy atom. The zero-order valence-corrected chi connectivity index (χ0v) is 8.84. The van der Waals surface area contributed by atoms with Crippen LogP contribution < -0.4 is 0 Å². The lowest BCUT2D eigenvalue weighted by molar-refractivity contribution is 0.115. The number of hydrogen-bond acceptors (Lipinski definition) is 2. The van der Waals surface area contributed by atoms with E-state index in [4.69, 9.17) is 4.74 Å². The van der Waals surface area contributed by atoms with Gasteiger partial charge in [0, 0.05) is 6.04 Å². The summed E-state index contributed by atoms with van der Waals surface area (Å²) in [5.74, 6) is 1.74. The van der Waals surface area contributed by atoms with Gasteiger partial charge >= 0.3 is 0 Å². The van der Waals surface area contributed by atoms with Gasteiger partial charge in [-0.25, -0.2) is 0 Å². The van der Waals surface area contributed by atoms with Gasteiger partial charge < -0.3 is 9.64 Å². The molecule has 0 unspecified atom stereocenters. The monoisotopic (exact) mass is 181 g/mol. The summed E-state index contributed by atoms with van der Waals surface area (Å²) >= 11 is 0. The van der Waals surface area contributed by atoms with E-state index >= 15 is 0 Å². The number of rotatable bonds is 2. The van der Waals surface area contributed by atoms with Crippen molar-refractivity contribution in [3.8, 4) is 0 Å². The van der Waals surface area contributed by atoms with E-state index in [9.17, 15) is 0 Å². The lowest BCUT2D eigenvalue weighted by Crippen LogP contribution is -2.36. The molecule has 0 atom stereocenters. The van der Waals surface area contributed by atoms with Crippen LogP contribution in [0.2, 0.25) is 0 Å². The zero-order valence-electron chi connectivity index (χ0n) is 8.84. The molecule has 74 valence electrons. The summed E-state index contributed by atoms with van der Waals surface area (Å²) in [5.41, 5.74) is 1.44. The lowest BCUT2D eigenvalue weighted by atomic mass is 10.1. The van der Waals surface area contributed by atoms with Crippen molar-refractivity contribution in [1.82, 2.24) is 4.90 Å². The van der Waals surface area contributed by atoms with E-state index in [1.54, 1.807) is 0 Å². The first-order valence-corrected chi connectivity index (χ1v) is 5.30. The topological polar surface area (TPSA) is 12.5 Å². The molecular formula is C11H19NO. The summed E-state index contributed by atoms with van der Waals surface area (Å²) in [6.45, 7) is 8.57. The third-order valence-electron chi connectivity index (χ3n) is 2.86. The van der Waals surface area contributed by atoms with Crippen LogP contribution in [0.5, 0.6) is 0 Å². The Labute approximate surface area is 80.6 Å². The highest BCUT2D eigenvalue weighted by molar-refractivity contribution is 5.14. The van der Waals surface area contributed by atoms with Crippen LogP contribution in [0.3, 0.4) is 0 Å². The maximum absolute atomic E-state index is 5.60. The number of hydrogen-bond donors (Lipinski definition) is 0. The number of ether oxygens (including phenoxy) is 1. The molecule has 0 aromatic rings. The minimum absolute atomic E-state index is 0.598. The van der Waals surface area contributed by atoms with Crippen LogP contribution in [0.1, 0.15) is 33.6 Å². The maximum Gasteiger partial charge on any atom is 0.112 e. The average molecular weight is 181 g/mol. The van der Waals surface area contributed by atoms with E-state index in [0.717, 1.165) is 25.0 Å². The molecule has 2 rings (SSSR count). The average Bonchev–Trinajstić information content (AvgIpc) is 2.85. The Morgan fingerprint density at radius 1 is 1.38 bits per heavy atom. The van der Waals surface area contributed by atoms with Crippen LogP contribution in [0, 0.1) is 5.92 Å². The molecule has 0 amide bonds. The van der Waals surface area contributed by atoms with Gasteiger partial charge in [0.1, 0.15) is 12.4 Å². The highest BCUT2D eigenvalue weighted by Crippen LogP contribution is 2.35. The van der Waals surface area contributed by atoms with Crippen molar-refractivity contribution in [3.05, 3.63) is 11.5 Å². The van der Waals surface area contributed by atoms with E-state index in [1.807, 2.05) is 0 Å². The molecular weight excluding hydrogens is 162 g/mol. The third kappa shape index (κ3) is 1.67. The fourth-order valence-electron chi connectivity index (χ4n) is 2.20. The largest absolute Gasteiger partial charge is 0.495 e. The van der Waals surface area contributed by atoms with Gasteiger partial charge in [-0.2, -0.15) is 0 Å². The minimum Gasteiger partial charge on any atom is -0.495 e. The predicted molar refractivity (Wildman–Crippen MR) is 53.2 cm³/mol. The highest BCUT2D eigenvalue weighted by atomic mass is 16.5. The van der Waals surface area contributed by atoms with Crippen molar-refractivity contribution in [2.24, 2.45) is 5.92 Å². The normalized spacial score (nSPS) is 23.8. The molecule has 0 spiro atoms. The van der Waals surface area contributed by atoms with E-state index in [-0.39, 0.29) is 0 Å². The molecule has 0 bridgehead atoms. The molecule has 0 radical (unpaired) electrons. The molecule has 1 aliphatic heterocycles. The second kappa shape index (κ2) is 3.24. The van der Waals surface area contributed by atoms with Gasteiger partial charge in [0.15, 0.2) is 0 Å². The van der Waals surface area contributed by atoms with Crippen molar-refractivity contribution in [2.75, 3.05) is 13.2 Å². The van der Waals surface area contributed by atoms with Crippen molar-refractivity contribution in [2.45, 2.75) is 39.7 Å². The van der Waals surface area contributed by atoms with Gasteiger partial charge in [-0.15, -0.1) is 0 Å². The molecule has 1 saturated carbocycles. The van der Waals surface area contributed by atoms with E-state index in [1.165, 1.54) is 18.5 Å². The molecule has 0 N–H and O–H groups in total. The Hall–Kier alpha value is -0.660. The Bertz CT molecular complexity index is 228. The molecule has 0 aromatic heterocycles. The smallest absolute Gasteiger partial charge is 0.112 e. The van der Waals surface area contributed by atoms with E-state index in [0.29, 0.717) is 5.92 Å². The second-order valence-electron chi connectivity index (χ2n) is 4.37. The van der Waals surface area contributed by atoms with Crippen LogP contribution >= 0.6 is 0 Å². The Morgan fingerprint density at radius 2 is 2.08 bits per heavy atom. The molecule has 1 heterocycles. The fraction of sp³-hybridized carbons (Fsp3) is 0.818. The molecule has 1 aliphatic carbocycles. The van der Waals surface area contributed by atoms with Crippen molar-refractivity contribution >= 4 is 0 Å². The minimum atomic E-state index is 0.598. The van der Waals surface area contributed by atoms with Crippen LogP contribution in [-0.4, -0.2) is 24.1 Å². The van der Waals surface area contributed by atoms with E-state index < -0.39 is 0 Å². The first kappa shape index (κ1) is 8.92. The van der Waals surface area contributed by atoms with Gasteiger partial charge in [-0.3, -0.25) is 0 Å². The molecule has 1 fully saturated rings. The van der Waals surface area contributed by atoms with Crippen LogP contribution in [-0.2, 0) is 4.74 Å². The quantitative estimate of drug-likeness (QED) is 0.648. The maximum atomic E-state index is 5.60. The summed E-state index contributed by atoms with van der Waals surface area (Å²) in [6.07, 6.45) is 2.76. The van der Waals surface area contributed by atoms with Gasteiger partial charge in [-0.05, 0) is 25.7 Å². The standard InChI is InChI=1S/C11H19NO/c1-8(2)11-9(3)13-7-6-12(11)10-4-5-10/h8,10H,4-7H2,1-3H3. The van der Waals surface area contributed by atoms with Crippen molar-refractivity contribution < 1.29 is 4.74 Å². The first-order valence-electron chi connectivity index (χ1n) is 5.30. The van der Waals surface area contributed by atoms with Gasteiger partial charge in [0.05, 0.1) is 12.2 Å². The van der Waals surface area contributed by atoms with Crippen LogP contribution in [0.25, 0.3) is 0 Å². The van der Waals surface area contributed by atoms with Crippen molar-refractivity contribution in [1.29, 1.82) is 0 Å². The van der Waals surface area contributed by atoms with Gasteiger partial charge in [-0.1, -0.05) is 13.8 Å². The molecule has 2 nitrogen and oxygen atoms in total. The molecule has 2 aliphatic rings. The third-order valence-corrected chi connectivity index (χ3v) is 2.86. The predicted octanol–water partition coefficient (Wildman–Crippen LogP) is 2.37. The number of allylic oxidation sites excluding steroid dienone is 2. The second-order valence-corrected chi connectivity index (χ2v) is 4.37. The zero-order chi connectivity index (χ0) is 9.42. The molecule has 0 saturated heterocycles. The Kier molecular flexibility index (Phi) is 2.22. The number of nitrogens with zero attached hydrogens (tertiary/aromatic N) is 1. The summed E-state index contributed by atoms with van der Waals surface area (Å²) in [6, 6.07) is 0.830. The van der Waals surface area contributed by atoms with Gasteiger partial charge in [0.25, 0.3) is 0 Å². The lowest BCUT2D eigenvalue weighted by Gasteiger charge is -2.35. The summed E-state index contributed by atoms with van der Waals surface area (Å²) in [4.78, 5) is 2.56. The Balaban J connectivity index is 2.20. The molecule has 2 heteroatoms. The first-order chi connectivity index (χ1) is 6.20. The summed E-state index contributed by atoms with van der Waals surface area (Å²) < 4.78 is 5.60. The van der Waals surface area contributed by atoms with Gasteiger partial charge in [0.2, 0.25) is 0 Å².